The van der Waals surface area contributed by atoms with E-state index < -0.39 is 0 Å². The number of nitrogens with zero attached hydrogens (tertiary/aromatic N) is 1. The van der Waals surface area contributed by atoms with Crippen molar-refractivity contribution in [2.45, 2.75) is 32.7 Å². The fraction of sp³-hybridized carbons (Fsp3) is 0.462. The molecule has 1 unspecified atom stereocenters. The summed E-state index contributed by atoms with van der Waals surface area (Å²) in [6.45, 7) is 4.64. The Morgan fingerprint density at radius 1 is 1.56 bits per heavy atom. The second kappa shape index (κ2) is 6.97. The van der Waals surface area contributed by atoms with E-state index in [1.54, 1.807) is 12.3 Å². The topological polar surface area (TPSA) is 24.9 Å². The summed E-state index contributed by atoms with van der Waals surface area (Å²) in [7, 11) is 0. The van der Waals surface area contributed by atoms with Gasteiger partial charge in [-0.25, -0.2) is 4.39 Å². The summed E-state index contributed by atoms with van der Waals surface area (Å²) in [6, 6.07) is 1.75. The minimum Gasteiger partial charge on any atom is -0.310 e. The van der Waals surface area contributed by atoms with Crippen LogP contribution in [0.1, 0.15) is 38.3 Å². The van der Waals surface area contributed by atoms with Gasteiger partial charge in [0.2, 0.25) is 0 Å². The Bertz CT molecular complexity index is 379. The predicted molar refractivity (Wildman–Crippen MR) is 63.3 cm³/mol. The van der Waals surface area contributed by atoms with E-state index >= 15 is 0 Å². The van der Waals surface area contributed by atoms with Crippen LogP contribution in [0.3, 0.4) is 0 Å². The minimum absolute atomic E-state index is 0.0221. The molecular weight excluding hydrogens is 203 g/mol. The van der Waals surface area contributed by atoms with Gasteiger partial charge in [-0.15, -0.1) is 11.8 Å². The number of rotatable bonds is 5. The van der Waals surface area contributed by atoms with E-state index in [4.69, 9.17) is 0 Å². The molecule has 16 heavy (non-hydrogen) atoms. The van der Waals surface area contributed by atoms with Gasteiger partial charge in [0.05, 0.1) is 6.20 Å². The molecule has 2 nitrogen and oxygen atoms in total. The Hall–Kier alpha value is -1.40. The average Bonchev–Trinajstić information content (AvgIpc) is 2.29. The minimum atomic E-state index is -0.252. The van der Waals surface area contributed by atoms with E-state index in [1.807, 2.05) is 13.8 Å². The Morgan fingerprint density at radius 3 is 3.00 bits per heavy atom. The van der Waals surface area contributed by atoms with E-state index in [1.165, 1.54) is 6.20 Å². The van der Waals surface area contributed by atoms with Gasteiger partial charge in [0, 0.05) is 24.2 Å². The second-order valence-electron chi connectivity index (χ2n) is 3.47. The van der Waals surface area contributed by atoms with Crippen molar-refractivity contribution < 1.29 is 4.39 Å². The van der Waals surface area contributed by atoms with Crippen molar-refractivity contribution in [2.75, 3.05) is 6.54 Å². The molecule has 0 fully saturated rings. The summed E-state index contributed by atoms with van der Waals surface area (Å²) in [5.74, 6) is 5.59. The maximum absolute atomic E-state index is 13.5. The normalized spacial score (nSPS) is 11.7. The molecule has 1 atom stereocenters. The van der Waals surface area contributed by atoms with Crippen molar-refractivity contribution in [2.24, 2.45) is 0 Å². The summed E-state index contributed by atoms with van der Waals surface area (Å²) >= 11 is 0. The molecule has 0 aliphatic carbocycles. The van der Waals surface area contributed by atoms with Crippen LogP contribution in [0.4, 0.5) is 4.39 Å². The molecule has 0 bridgehead atoms. The molecule has 86 valence electrons. The van der Waals surface area contributed by atoms with Gasteiger partial charge in [-0.2, -0.15) is 0 Å². The van der Waals surface area contributed by atoms with Gasteiger partial charge in [-0.05, 0) is 26.0 Å². The highest BCUT2D eigenvalue weighted by Gasteiger charge is 2.13. The number of hydrogen-bond acceptors (Lipinski definition) is 2. The van der Waals surface area contributed by atoms with Crippen LogP contribution in [0.25, 0.3) is 0 Å². The van der Waals surface area contributed by atoms with E-state index in [2.05, 4.69) is 22.1 Å². The fourth-order valence-corrected chi connectivity index (χ4v) is 1.62. The molecule has 1 heterocycles. The molecule has 0 saturated carbocycles. The van der Waals surface area contributed by atoms with E-state index in [0.717, 1.165) is 19.4 Å². The molecule has 1 N–H and O–H groups in total. The fourth-order valence-electron chi connectivity index (χ4n) is 1.62. The van der Waals surface area contributed by atoms with Crippen LogP contribution in [-0.2, 0) is 0 Å². The van der Waals surface area contributed by atoms with E-state index in [-0.39, 0.29) is 11.9 Å². The molecule has 0 saturated heterocycles. The zero-order chi connectivity index (χ0) is 11.8. The monoisotopic (exact) mass is 220 g/mol. The summed E-state index contributed by atoms with van der Waals surface area (Å²) in [6.07, 6.45) is 4.46. The second-order valence-corrected chi connectivity index (χ2v) is 3.47. The van der Waals surface area contributed by atoms with Crippen LogP contribution in [0.15, 0.2) is 18.5 Å². The first-order valence-electron chi connectivity index (χ1n) is 5.52. The van der Waals surface area contributed by atoms with Crippen LogP contribution in [0.2, 0.25) is 0 Å². The molecule has 0 radical (unpaired) electrons. The van der Waals surface area contributed by atoms with Crippen LogP contribution < -0.4 is 5.32 Å². The largest absolute Gasteiger partial charge is 0.310 e. The lowest BCUT2D eigenvalue weighted by atomic mass is 10.0. The Kier molecular flexibility index (Phi) is 5.52. The molecule has 1 rings (SSSR count). The maximum atomic E-state index is 13.5. The molecule has 0 aromatic carbocycles. The van der Waals surface area contributed by atoms with Crippen LogP contribution in [-0.4, -0.2) is 11.5 Å². The lowest BCUT2D eigenvalue weighted by molar-refractivity contribution is 0.488. The number of aromatic nitrogens is 1. The summed E-state index contributed by atoms with van der Waals surface area (Å²) in [5, 5.41) is 3.26. The number of nitrogens with one attached hydrogen (secondary N) is 1. The van der Waals surface area contributed by atoms with Gasteiger partial charge in [-0.3, -0.25) is 4.98 Å². The maximum Gasteiger partial charge on any atom is 0.146 e. The van der Waals surface area contributed by atoms with Crippen molar-refractivity contribution in [1.82, 2.24) is 10.3 Å². The van der Waals surface area contributed by atoms with Gasteiger partial charge in [-0.1, -0.05) is 6.92 Å². The van der Waals surface area contributed by atoms with Crippen molar-refractivity contribution in [1.29, 1.82) is 0 Å². The van der Waals surface area contributed by atoms with Crippen molar-refractivity contribution in [3.05, 3.63) is 29.8 Å². The third-order valence-electron chi connectivity index (χ3n) is 2.36. The van der Waals surface area contributed by atoms with Gasteiger partial charge < -0.3 is 5.32 Å². The van der Waals surface area contributed by atoms with Crippen molar-refractivity contribution in [3.8, 4) is 11.8 Å². The van der Waals surface area contributed by atoms with Crippen LogP contribution >= 0.6 is 0 Å². The number of halogens is 1. The zero-order valence-electron chi connectivity index (χ0n) is 9.76. The lowest BCUT2D eigenvalue weighted by Gasteiger charge is -2.17. The first kappa shape index (κ1) is 12.7. The number of hydrogen-bond donors (Lipinski definition) is 1. The van der Waals surface area contributed by atoms with Gasteiger partial charge >= 0.3 is 0 Å². The Balaban J connectivity index is 2.75. The highest BCUT2D eigenvalue weighted by molar-refractivity contribution is 5.17. The third kappa shape index (κ3) is 3.63. The van der Waals surface area contributed by atoms with E-state index in [9.17, 15) is 4.39 Å². The van der Waals surface area contributed by atoms with Gasteiger partial charge in [0.15, 0.2) is 0 Å². The first-order valence-corrected chi connectivity index (χ1v) is 5.52. The third-order valence-corrected chi connectivity index (χ3v) is 2.36. The van der Waals surface area contributed by atoms with Gasteiger partial charge in [0.1, 0.15) is 5.82 Å². The molecule has 3 heteroatoms. The molecule has 1 aromatic heterocycles. The Morgan fingerprint density at radius 2 is 2.38 bits per heavy atom. The summed E-state index contributed by atoms with van der Waals surface area (Å²) in [5.41, 5.74) is 0.676. The predicted octanol–water partition coefficient (Wildman–Crippen LogP) is 2.67. The first-order chi connectivity index (χ1) is 7.79. The van der Waals surface area contributed by atoms with Crippen LogP contribution in [0, 0.1) is 17.7 Å². The summed E-state index contributed by atoms with van der Waals surface area (Å²) in [4.78, 5) is 3.75. The molecule has 0 aliphatic rings. The highest BCUT2D eigenvalue weighted by atomic mass is 19.1. The Labute approximate surface area is 96.3 Å². The van der Waals surface area contributed by atoms with Crippen molar-refractivity contribution >= 4 is 0 Å². The molecule has 1 aromatic rings. The quantitative estimate of drug-likeness (QED) is 0.772. The van der Waals surface area contributed by atoms with Crippen molar-refractivity contribution in [3.63, 3.8) is 0 Å². The summed E-state index contributed by atoms with van der Waals surface area (Å²) < 4.78 is 13.5. The SMILES string of the molecule is CC#CCCC(NCC)c1ccncc1F. The molecule has 0 aliphatic heterocycles. The average molecular weight is 220 g/mol. The smallest absolute Gasteiger partial charge is 0.146 e. The molecular formula is C13H17FN2. The standard InChI is InChI=1S/C13H17FN2/c1-3-5-6-7-13(16-4-2)11-8-9-15-10-12(11)14/h8-10,13,16H,4,6-7H2,1-2H3. The highest BCUT2D eigenvalue weighted by Crippen LogP contribution is 2.20. The number of pyridine rings is 1. The lowest BCUT2D eigenvalue weighted by Crippen LogP contribution is -2.21. The zero-order valence-corrected chi connectivity index (χ0v) is 9.76. The van der Waals surface area contributed by atoms with Gasteiger partial charge in [0.25, 0.3) is 0 Å². The molecule has 0 amide bonds. The molecule has 0 spiro atoms. The van der Waals surface area contributed by atoms with E-state index in [0.29, 0.717) is 5.56 Å². The van der Waals surface area contributed by atoms with Crippen LogP contribution in [0.5, 0.6) is 0 Å².